The van der Waals surface area contributed by atoms with Crippen LogP contribution in [0.4, 0.5) is 11.5 Å². The highest BCUT2D eigenvalue weighted by atomic mass is 32.1. The summed E-state index contributed by atoms with van der Waals surface area (Å²) in [6.07, 6.45) is 0.162. The Kier molecular flexibility index (Phi) is 2.11. The van der Waals surface area contributed by atoms with Crippen LogP contribution < -0.4 is 15.9 Å². The fourth-order valence-corrected chi connectivity index (χ4v) is 2.09. The molecule has 2 heterocycles. The minimum atomic E-state index is -0.0958. The van der Waals surface area contributed by atoms with Gasteiger partial charge in [0.15, 0.2) is 0 Å². The van der Waals surface area contributed by atoms with Crippen LogP contribution in [0.25, 0.3) is 0 Å². The lowest BCUT2D eigenvalue weighted by atomic mass is 10.4. The van der Waals surface area contributed by atoms with E-state index in [1.807, 2.05) is 18.9 Å². The van der Waals surface area contributed by atoms with Crippen molar-refractivity contribution in [1.29, 1.82) is 0 Å². The van der Waals surface area contributed by atoms with Crippen LogP contribution in [0.1, 0.15) is 6.92 Å². The van der Waals surface area contributed by atoms with Crippen molar-refractivity contribution < 1.29 is 0 Å². The first-order valence-electron chi connectivity index (χ1n) is 4.74. The molecule has 5 nitrogen and oxygen atoms in total. The van der Waals surface area contributed by atoms with Crippen LogP contribution in [-0.4, -0.2) is 22.3 Å². The summed E-state index contributed by atoms with van der Waals surface area (Å²) in [6.45, 7) is 2.03. The Morgan fingerprint density at radius 1 is 1.27 bits per heavy atom. The third-order valence-electron chi connectivity index (χ3n) is 2.90. The largest absolute Gasteiger partial charge is 0.360 e. The number of fused-ring (bicyclic) bond motifs is 1. The summed E-state index contributed by atoms with van der Waals surface area (Å²) in [5.41, 5.74) is 0.770. The minimum Gasteiger partial charge on any atom is -0.360 e. The number of aromatic nitrogens is 2. The van der Waals surface area contributed by atoms with Crippen LogP contribution in [0.3, 0.4) is 0 Å². The second kappa shape index (κ2) is 3.10. The van der Waals surface area contributed by atoms with Crippen LogP contribution in [0.5, 0.6) is 0 Å². The van der Waals surface area contributed by atoms with Gasteiger partial charge in [0.1, 0.15) is 16.1 Å². The molecule has 1 aliphatic heterocycles. The lowest BCUT2D eigenvalue weighted by Gasteiger charge is -2.19. The maximum atomic E-state index is 11.8. The predicted octanol–water partition coefficient (Wildman–Crippen LogP) is 0.661. The molecule has 1 aliphatic rings. The van der Waals surface area contributed by atoms with E-state index in [1.54, 1.807) is 18.7 Å². The summed E-state index contributed by atoms with van der Waals surface area (Å²) in [5, 5.41) is 3.27. The van der Waals surface area contributed by atoms with Crippen LogP contribution in [0.2, 0.25) is 0 Å². The van der Waals surface area contributed by atoms with Crippen molar-refractivity contribution in [3.63, 3.8) is 0 Å². The van der Waals surface area contributed by atoms with Crippen molar-refractivity contribution in [2.24, 2.45) is 14.1 Å². The molecule has 0 radical (unpaired) electrons. The zero-order valence-corrected chi connectivity index (χ0v) is 10.1. The van der Waals surface area contributed by atoms with Gasteiger partial charge in [0, 0.05) is 21.1 Å². The van der Waals surface area contributed by atoms with E-state index >= 15 is 0 Å². The van der Waals surface area contributed by atoms with E-state index in [2.05, 4.69) is 5.32 Å². The fourth-order valence-electron chi connectivity index (χ4n) is 1.86. The van der Waals surface area contributed by atoms with Crippen molar-refractivity contribution in [2.75, 3.05) is 17.3 Å². The fraction of sp³-hybridized carbons (Fsp3) is 0.556. The topological polar surface area (TPSA) is 42.2 Å². The van der Waals surface area contributed by atoms with Crippen molar-refractivity contribution in [3.05, 3.63) is 15.1 Å². The van der Waals surface area contributed by atoms with Crippen molar-refractivity contribution in [2.45, 2.75) is 13.1 Å². The molecule has 82 valence electrons. The summed E-state index contributed by atoms with van der Waals surface area (Å²) in [7, 11) is 5.39. The highest BCUT2D eigenvalue weighted by Gasteiger charge is 2.27. The van der Waals surface area contributed by atoms with E-state index in [0.29, 0.717) is 4.64 Å². The first-order chi connectivity index (χ1) is 6.95. The molecule has 1 N–H and O–H groups in total. The molecule has 1 aromatic rings. The molecule has 0 aromatic carbocycles. The Morgan fingerprint density at radius 3 is 2.47 bits per heavy atom. The number of nitrogens with zero attached hydrogens (tertiary/aromatic N) is 3. The molecule has 0 saturated heterocycles. The van der Waals surface area contributed by atoms with Gasteiger partial charge in [0.25, 0.3) is 0 Å². The second-order valence-electron chi connectivity index (χ2n) is 3.84. The van der Waals surface area contributed by atoms with Crippen LogP contribution in [0.15, 0.2) is 4.79 Å². The van der Waals surface area contributed by atoms with Crippen molar-refractivity contribution in [1.82, 2.24) is 9.13 Å². The maximum absolute atomic E-state index is 11.8. The van der Waals surface area contributed by atoms with Gasteiger partial charge in [0.2, 0.25) is 0 Å². The van der Waals surface area contributed by atoms with E-state index in [9.17, 15) is 4.79 Å². The van der Waals surface area contributed by atoms with Gasteiger partial charge in [-0.3, -0.25) is 9.13 Å². The van der Waals surface area contributed by atoms with E-state index < -0.39 is 0 Å². The molecule has 1 unspecified atom stereocenters. The van der Waals surface area contributed by atoms with Crippen LogP contribution in [0, 0.1) is 4.64 Å². The van der Waals surface area contributed by atoms with Gasteiger partial charge in [-0.1, -0.05) is 12.2 Å². The van der Waals surface area contributed by atoms with Crippen molar-refractivity contribution >= 4 is 23.7 Å². The van der Waals surface area contributed by atoms with Gasteiger partial charge in [0.05, 0.1) is 6.17 Å². The smallest absolute Gasteiger partial charge is 0.330 e. The summed E-state index contributed by atoms with van der Waals surface area (Å²) in [4.78, 5) is 13.8. The van der Waals surface area contributed by atoms with E-state index in [0.717, 1.165) is 11.5 Å². The Morgan fingerprint density at radius 2 is 1.87 bits per heavy atom. The zero-order valence-electron chi connectivity index (χ0n) is 9.24. The van der Waals surface area contributed by atoms with Crippen molar-refractivity contribution in [3.8, 4) is 0 Å². The van der Waals surface area contributed by atoms with Gasteiger partial charge < -0.3 is 10.2 Å². The Bertz CT molecular complexity index is 530. The predicted molar refractivity (Wildman–Crippen MR) is 63.0 cm³/mol. The number of nitrogens with one attached hydrogen (secondary N) is 1. The zero-order chi connectivity index (χ0) is 11.3. The lowest BCUT2D eigenvalue weighted by molar-refractivity contribution is 0.691. The second-order valence-corrected chi connectivity index (χ2v) is 4.22. The molecule has 2 rings (SSSR count). The Labute approximate surface area is 92.9 Å². The van der Waals surface area contributed by atoms with Crippen LogP contribution in [-0.2, 0) is 14.1 Å². The quantitative estimate of drug-likeness (QED) is 0.660. The molecule has 6 heteroatoms. The first kappa shape index (κ1) is 10.2. The summed E-state index contributed by atoms with van der Waals surface area (Å²) in [5.74, 6) is 0.857. The van der Waals surface area contributed by atoms with E-state index in [1.165, 1.54) is 4.57 Å². The van der Waals surface area contributed by atoms with Gasteiger partial charge >= 0.3 is 5.69 Å². The summed E-state index contributed by atoms with van der Waals surface area (Å²) >= 11 is 5.23. The van der Waals surface area contributed by atoms with E-state index in [4.69, 9.17) is 12.2 Å². The third-order valence-corrected chi connectivity index (χ3v) is 3.38. The number of hydrogen-bond acceptors (Lipinski definition) is 4. The van der Waals surface area contributed by atoms with E-state index in [-0.39, 0.29) is 11.9 Å². The normalized spacial score (nSPS) is 18.9. The summed E-state index contributed by atoms with van der Waals surface area (Å²) < 4.78 is 3.65. The third kappa shape index (κ3) is 1.21. The SMILES string of the molecule is CC1Nc2c(n(C)c(=O)n(C)c2=S)N1C. The average Bonchev–Trinajstić information content (AvgIpc) is 2.50. The molecular weight excluding hydrogens is 212 g/mol. The minimum absolute atomic E-state index is 0.0958. The summed E-state index contributed by atoms with van der Waals surface area (Å²) in [6, 6.07) is 0. The number of rotatable bonds is 0. The van der Waals surface area contributed by atoms with Gasteiger partial charge in [-0.2, -0.15) is 0 Å². The van der Waals surface area contributed by atoms with Crippen LogP contribution >= 0.6 is 12.2 Å². The Hall–Kier alpha value is -1.30. The molecule has 0 amide bonds. The molecule has 15 heavy (non-hydrogen) atoms. The maximum Gasteiger partial charge on any atom is 0.330 e. The van der Waals surface area contributed by atoms with Gasteiger partial charge in [-0.15, -0.1) is 0 Å². The Balaban J connectivity index is 2.87. The monoisotopic (exact) mass is 226 g/mol. The van der Waals surface area contributed by atoms with Gasteiger partial charge in [-0.25, -0.2) is 4.79 Å². The number of anilines is 2. The standard InChI is InChI=1S/C9H14N4OS/c1-5-10-6-7(11(5)2)12(3)9(14)13(4)8(6)15/h5,10H,1-4H3. The molecule has 0 aliphatic carbocycles. The number of hydrogen-bond donors (Lipinski definition) is 1. The lowest BCUT2D eigenvalue weighted by Crippen LogP contribution is -2.33. The highest BCUT2D eigenvalue weighted by Crippen LogP contribution is 2.31. The molecule has 0 bridgehead atoms. The molecular formula is C9H14N4OS. The molecule has 0 spiro atoms. The first-order valence-corrected chi connectivity index (χ1v) is 5.15. The molecule has 1 atom stereocenters. The molecule has 0 saturated carbocycles. The molecule has 0 fully saturated rings. The highest BCUT2D eigenvalue weighted by molar-refractivity contribution is 7.71. The average molecular weight is 226 g/mol. The van der Waals surface area contributed by atoms with Gasteiger partial charge in [-0.05, 0) is 6.92 Å². The molecule has 1 aromatic heterocycles.